The largest absolute Gasteiger partial charge is 0.384 e. The van der Waals surface area contributed by atoms with E-state index in [2.05, 4.69) is 6.26 Å². The molecule has 8 heteroatoms. The van der Waals surface area contributed by atoms with E-state index in [1.54, 1.807) is 0 Å². The van der Waals surface area contributed by atoms with Gasteiger partial charge < -0.3 is 5.73 Å². The highest BCUT2D eigenvalue weighted by atomic mass is 32.2. The smallest absolute Gasteiger partial charge is 0.332 e. The molecular weight excluding hydrogens is 352 g/mol. The second-order valence-corrected chi connectivity index (χ2v) is 8.71. The number of nitrogens with two attached hydrogens (primary N) is 1. The Balaban J connectivity index is 2.30. The molecule has 2 N–H and O–H groups in total. The van der Waals surface area contributed by atoms with Crippen molar-refractivity contribution in [3.8, 4) is 0 Å². The van der Waals surface area contributed by atoms with Crippen LogP contribution >= 0.6 is 11.8 Å². The summed E-state index contributed by atoms with van der Waals surface area (Å²) in [6, 6.07) is 0.336. The van der Waals surface area contributed by atoms with Crippen LogP contribution in [0.2, 0.25) is 0 Å². The lowest BCUT2D eigenvalue weighted by Crippen LogP contribution is -2.45. The van der Waals surface area contributed by atoms with E-state index < -0.39 is 11.2 Å². The number of hydrogen-bond donors (Lipinski definition) is 1. The Morgan fingerprint density at radius 3 is 2.54 bits per heavy atom. The monoisotopic (exact) mass is 382 g/mol. The average Bonchev–Trinajstić information content (AvgIpc) is 3.06. The summed E-state index contributed by atoms with van der Waals surface area (Å²) in [6.07, 6.45) is 5.36. The summed E-state index contributed by atoms with van der Waals surface area (Å²) < 4.78 is 2.31. The Morgan fingerprint density at radius 1 is 1.35 bits per heavy atom. The molecule has 1 aliphatic rings. The molecule has 0 saturated heterocycles. The van der Waals surface area contributed by atoms with Crippen molar-refractivity contribution >= 4 is 23.4 Å². The van der Waals surface area contributed by atoms with Crippen LogP contribution in [0.5, 0.6) is 0 Å². The molecule has 0 radical (unpaired) electrons. The lowest BCUT2D eigenvalue weighted by Gasteiger charge is -2.24. The highest BCUT2D eigenvalue weighted by Gasteiger charge is 2.29. The molecule has 0 bridgehead atoms. The molecule has 146 valence electrons. The maximum absolute atomic E-state index is 12.9. The fourth-order valence-electron chi connectivity index (χ4n) is 3.55. The highest BCUT2D eigenvalue weighted by molar-refractivity contribution is 7.99. The number of thioether (sulfide) groups is 1. The number of carbonyl (C=O) groups excluding carboxylic acids is 1. The van der Waals surface area contributed by atoms with Gasteiger partial charge >= 0.3 is 5.69 Å². The van der Waals surface area contributed by atoms with Crippen LogP contribution in [0.4, 0.5) is 5.82 Å². The first kappa shape index (κ1) is 20.8. The van der Waals surface area contributed by atoms with Crippen LogP contribution in [0, 0.1) is 5.92 Å². The second-order valence-electron chi connectivity index (χ2n) is 7.57. The van der Waals surface area contributed by atoms with Gasteiger partial charge in [-0.15, -0.1) is 0 Å². The normalized spacial score (nSPS) is 20.3. The molecule has 0 spiro atoms. The van der Waals surface area contributed by atoms with Crippen LogP contribution in [0.3, 0.4) is 0 Å². The third-order valence-electron chi connectivity index (χ3n) is 5.12. The number of anilines is 1. The van der Waals surface area contributed by atoms with E-state index >= 15 is 0 Å². The SMILES string of the molecule is CS[C@H]1CC[C@@H](N(C)CC(=O)c2c(N)n(CC(C)C)c(=O)n(C)c2=O)C1. The number of rotatable bonds is 7. The quantitative estimate of drug-likeness (QED) is 0.712. The van der Waals surface area contributed by atoms with Crippen LogP contribution in [0.1, 0.15) is 43.5 Å². The first-order chi connectivity index (χ1) is 12.2. The number of likely N-dealkylation sites (N-methyl/N-ethyl adjacent to an activating group) is 1. The van der Waals surface area contributed by atoms with Gasteiger partial charge in [-0.25, -0.2) is 4.79 Å². The Labute approximate surface area is 158 Å². The Morgan fingerprint density at radius 2 is 2.00 bits per heavy atom. The standard InChI is InChI=1S/C18H30N4O3S/c1-11(2)9-22-16(19)15(17(24)21(4)18(22)25)14(23)10-20(3)12-6-7-13(8-12)26-5/h11-13H,6-10,19H2,1-5H3/t12-,13+/m1/s1. The van der Waals surface area contributed by atoms with Gasteiger partial charge in [0, 0.05) is 24.9 Å². The maximum Gasteiger partial charge on any atom is 0.332 e. The molecule has 1 saturated carbocycles. The molecule has 1 aromatic heterocycles. The summed E-state index contributed by atoms with van der Waals surface area (Å²) in [5.41, 5.74) is 4.92. The molecule has 26 heavy (non-hydrogen) atoms. The van der Waals surface area contributed by atoms with Crippen molar-refractivity contribution in [3.63, 3.8) is 0 Å². The van der Waals surface area contributed by atoms with Crippen LogP contribution in [-0.2, 0) is 13.6 Å². The lowest BCUT2D eigenvalue weighted by atomic mass is 10.1. The van der Waals surface area contributed by atoms with Crippen molar-refractivity contribution in [1.29, 1.82) is 0 Å². The predicted octanol–water partition coefficient (Wildman–Crippen LogP) is 1.18. The summed E-state index contributed by atoms with van der Waals surface area (Å²) in [7, 11) is 3.30. The van der Waals surface area contributed by atoms with Crippen LogP contribution in [0.15, 0.2) is 9.59 Å². The minimum absolute atomic E-state index is 0.0152. The molecule has 0 amide bonds. The minimum atomic E-state index is -0.612. The number of ketones is 1. The predicted molar refractivity (Wildman–Crippen MR) is 107 cm³/mol. The van der Waals surface area contributed by atoms with E-state index in [0.717, 1.165) is 23.8 Å². The van der Waals surface area contributed by atoms with Crippen molar-refractivity contribution in [2.45, 2.75) is 50.9 Å². The summed E-state index contributed by atoms with van der Waals surface area (Å²) in [5, 5.41) is 0.628. The fraction of sp³-hybridized carbons (Fsp3) is 0.722. The summed E-state index contributed by atoms with van der Waals surface area (Å²) in [5.74, 6) is -0.172. The van der Waals surface area contributed by atoms with Gasteiger partial charge in [0.1, 0.15) is 11.4 Å². The topological polar surface area (TPSA) is 90.3 Å². The summed E-state index contributed by atoms with van der Waals surface area (Å²) in [4.78, 5) is 39.7. The van der Waals surface area contributed by atoms with Crippen molar-refractivity contribution < 1.29 is 4.79 Å². The molecule has 0 aliphatic heterocycles. The molecule has 2 rings (SSSR count). The molecule has 2 atom stereocenters. The molecule has 7 nitrogen and oxygen atoms in total. The number of Topliss-reactive ketones (excluding diaryl/α,β-unsaturated/α-hetero) is 1. The van der Waals surface area contributed by atoms with Crippen molar-refractivity contribution in [2.75, 3.05) is 25.6 Å². The Hall–Kier alpha value is -1.54. The van der Waals surface area contributed by atoms with E-state index in [-0.39, 0.29) is 29.6 Å². The fourth-order valence-corrected chi connectivity index (χ4v) is 4.34. The number of hydrogen-bond acceptors (Lipinski definition) is 6. The average molecular weight is 383 g/mol. The van der Waals surface area contributed by atoms with E-state index in [1.807, 2.05) is 37.6 Å². The minimum Gasteiger partial charge on any atom is -0.384 e. The van der Waals surface area contributed by atoms with E-state index in [9.17, 15) is 14.4 Å². The first-order valence-corrected chi connectivity index (χ1v) is 10.3. The van der Waals surface area contributed by atoms with Gasteiger partial charge in [-0.1, -0.05) is 13.8 Å². The summed E-state index contributed by atoms with van der Waals surface area (Å²) >= 11 is 1.86. The third-order valence-corrected chi connectivity index (χ3v) is 6.21. The van der Waals surface area contributed by atoms with Gasteiger partial charge in [-0.3, -0.25) is 23.6 Å². The first-order valence-electron chi connectivity index (χ1n) is 9.02. The molecule has 1 aromatic rings. The molecule has 0 aromatic carbocycles. The summed E-state index contributed by atoms with van der Waals surface area (Å²) in [6.45, 7) is 4.40. The van der Waals surface area contributed by atoms with Crippen molar-refractivity contribution in [2.24, 2.45) is 13.0 Å². The number of aromatic nitrogens is 2. The lowest BCUT2D eigenvalue weighted by molar-refractivity contribution is 0.0919. The van der Waals surface area contributed by atoms with Crippen LogP contribution < -0.4 is 17.0 Å². The Kier molecular flexibility index (Phi) is 6.74. The molecule has 0 unspecified atom stereocenters. The van der Waals surface area contributed by atoms with Crippen molar-refractivity contribution in [3.05, 3.63) is 26.4 Å². The number of carbonyl (C=O) groups is 1. The van der Waals surface area contributed by atoms with Crippen LogP contribution in [-0.4, -0.2) is 51.0 Å². The van der Waals surface area contributed by atoms with E-state index in [1.165, 1.54) is 11.6 Å². The maximum atomic E-state index is 12.9. The van der Waals surface area contributed by atoms with Gasteiger partial charge in [0.2, 0.25) is 0 Å². The van der Waals surface area contributed by atoms with E-state index in [0.29, 0.717) is 17.8 Å². The zero-order valence-electron chi connectivity index (χ0n) is 16.3. The zero-order chi connectivity index (χ0) is 19.6. The van der Waals surface area contributed by atoms with Gasteiger partial charge in [-0.05, 0) is 38.5 Å². The van der Waals surface area contributed by atoms with Crippen LogP contribution in [0.25, 0.3) is 0 Å². The Bertz CT molecular complexity index is 784. The third kappa shape index (κ3) is 4.23. The van der Waals surface area contributed by atoms with Gasteiger partial charge in [-0.2, -0.15) is 11.8 Å². The second kappa shape index (κ2) is 8.43. The van der Waals surface area contributed by atoms with Gasteiger partial charge in [0.05, 0.1) is 6.54 Å². The molecule has 1 fully saturated rings. The number of nitrogens with zero attached hydrogens (tertiary/aromatic N) is 3. The van der Waals surface area contributed by atoms with Gasteiger partial charge in [0.25, 0.3) is 5.56 Å². The van der Waals surface area contributed by atoms with Gasteiger partial charge in [0.15, 0.2) is 5.78 Å². The highest BCUT2D eigenvalue weighted by Crippen LogP contribution is 2.30. The van der Waals surface area contributed by atoms with E-state index in [4.69, 9.17) is 5.73 Å². The van der Waals surface area contributed by atoms with Crippen molar-refractivity contribution in [1.82, 2.24) is 14.0 Å². The number of nitrogen functional groups attached to an aromatic ring is 1. The molecule has 1 aliphatic carbocycles. The molecular formula is C18H30N4O3S. The molecule has 1 heterocycles. The zero-order valence-corrected chi connectivity index (χ0v) is 17.1.